The fraction of sp³-hybridized carbons (Fsp3) is 0.520. The molecular weight excluding hydrogens is 816 g/mol. The summed E-state index contributed by atoms with van der Waals surface area (Å²) in [4.78, 5) is 0. The van der Waals surface area contributed by atoms with Gasteiger partial charge in [-0.25, -0.2) is 0 Å². The predicted octanol–water partition coefficient (Wildman–Crippen LogP) is 12.6. The maximum Gasteiger partial charge on any atom is 2.00 e. The van der Waals surface area contributed by atoms with Crippen LogP contribution in [0, 0.1) is 59.5 Å². The van der Waals surface area contributed by atoms with Crippen molar-refractivity contribution in [1.29, 1.82) is 0 Å². The Labute approximate surface area is 331 Å². The van der Waals surface area contributed by atoms with Crippen LogP contribution in [0.4, 0.5) is 0 Å². The zero-order chi connectivity index (χ0) is 34.3. The first-order valence-electron chi connectivity index (χ1n) is 21.4. The van der Waals surface area contributed by atoms with Gasteiger partial charge in [-0.15, -0.1) is 18.2 Å². The summed E-state index contributed by atoms with van der Waals surface area (Å²) in [5.41, 5.74) is 2.11. The van der Waals surface area contributed by atoms with Gasteiger partial charge in [0.15, 0.2) is 0 Å². The minimum atomic E-state index is -0.0900. The molecule has 3 heteroatoms. The van der Waals surface area contributed by atoms with E-state index in [9.17, 15) is 0 Å². The molecule has 2 heterocycles. The van der Waals surface area contributed by atoms with Gasteiger partial charge in [-0.2, -0.15) is 35.4 Å². The number of hydrogen-bond acceptors (Lipinski definition) is 2. The van der Waals surface area contributed by atoms with Gasteiger partial charge in [0.2, 0.25) is 0 Å². The zero-order valence-electron chi connectivity index (χ0n) is 31.2. The van der Waals surface area contributed by atoms with Crippen molar-refractivity contribution in [3.8, 4) is 11.5 Å². The van der Waals surface area contributed by atoms with Gasteiger partial charge in [0.1, 0.15) is 11.2 Å². The van der Waals surface area contributed by atoms with Crippen LogP contribution in [0.15, 0.2) is 84.9 Å². The van der Waals surface area contributed by atoms with Crippen LogP contribution in [-0.2, 0) is 21.1 Å². The van der Waals surface area contributed by atoms with E-state index in [1.807, 2.05) is 0 Å². The number of benzene rings is 4. The predicted molar refractivity (Wildman–Crippen MR) is 210 cm³/mol. The topological polar surface area (TPSA) is 18.5 Å². The molecule has 6 aliphatic carbocycles. The molecule has 0 radical (unpaired) electrons. The second-order valence-corrected chi connectivity index (χ2v) is 18.1. The molecular formula is C50H54O2W. The van der Waals surface area contributed by atoms with Crippen LogP contribution < -0.4 is 9.47 Å². The summed E-state index contributed by atoms with van der Waals surface area (Å²) in [6, 6.07) is 26.2. The molecule has 0 bridgehead atoms. The summed E-state index contributed by atoms with van der Waals surface area (Å²) in [6.45, 7) is 0. The van der Waals surface area contributed by atoms with Crippen molar-refractivity contribution in [2.45, 2.75) is 114 Å². The number of fused-ring (bicyclic) bond motifs is 15. The molecule has 53 heavy (non-hydrogen) atoms. The van der Waals surface area contributed by atoms with Crippen molar-refractivity contribution in [1.82, 2.24) is 0 Å². The maximum atomic E-state index is 7.11. The Morgan fingerprint density at radius 2 is 0.906 bits per heavy atom. The molecule has 0 aromatic heterocycles. The first kappa shape index (κ1) is 34.6. The molecule has 4 aromatic rings. The summed E-state index contributed by atoms with van der Waals surface area (Å²) in [6.07, 6.45) is 34.5. The summed E-state index contributed by atoms with van der Waals surface area (Å²) in [7, 11) is 0. The van der Waals surface area contributed by atoms with E-state index in [0.29, 0.717) is 23.7 Å². The molecule has 8 aliphatic rings. The fourth-order valence-corrected chi connectivity index (χ4v) is 13.9. The smallest absolute Gasteiger partial charge is 0.542 e. The van der Waals surface area contributed by atoms with Gasteiger partial charge >= 0.3 is 21.1 Å². The van der Waals surface area contributed by atoms with Crippen LogP contribution >= 0.6 is 0 Å². The fourth-order valence-electron chi connectivity index (χ4n) is 13.9. The van der Waals surface area contributed by atoms with E-state index in [4.69, 9.17) is 9.47 Å². The van der Waals surface area contributed by atoms with Crippen molar-refractivity contribution in [3.05, 3.63) is 108 Å². The minimum Gasteiger partial charge on any atom is -0.542 e. The van der Waals surface area contributed by atoms with Crippen molar-refractivity contribution in [3.63, 3.8) is 0 Å². The molecule has 272 valence electrons. The van der Waals surface area contributed by atoms with Gasteiger partial charge in [-0.3, -0.25) is 0 Å². The Morgan fingerprint density at radius 3 is 1.47 bits per heavy atom. The van der Waals surface area contributed by atoms with Crippen molar-refractivity contribution >= 4 is 21.5 Å². The van der Waals surface area contributed by atoms with Crippen LogP contribution in [0.3, 0.4) is 0 Å². The van der Waals surface area contributed by atoms with Gasteiger partial charge in [0.05, 0.1) is 0 Å². The summed E-state index contributed by atoms with van der Waals surface area (Å²) in [5, 5.41) is 5.10. The quantitative estimate of drug-likeness (QED) is 0.164. The van der Waals surface area contributed by atoms with Crippen molar-refractivity contribution < 1.29 is 30.5 Å². The van der Waals surface area contributed by atoms with Gasteiger partial charge in [0.25, 0.3) is 0 Å². The van der Waals surface area contributed by atoms with Crippen molar-refractivity contribution in [2.75, 3.05) is 0 Å². The molecule has 2 nitrogen and oxygen atoms in total. The Balaban J connectivity index is 0.000000129. The van der Waals surface area contributed by atoms with E-state index in [1.165, 1.54) is 124 Å². The second-order valence-electron chi connectivity index (χ2n) is 18.1. The monoisotopic (exact) mass is 870 g/mol. The zero-order valence-corrected chi connectivity index (χ0v) is 34.2. The largest absolute Gasteiger partial charge is 2.00 e. The summed E-state index contributed by atoms with van der Waals surface area (Å²) in [5.74, 6) is 8.50. The van der Waals surface area contributed by atoms with Gasteiger partial charge < -0.3 is 9.47 Å². The summed E-state index contributed by atoms with van der Waals surface area (Å²) < 4.78 is 14.1. The van der Waals surface area contributed by atoms with Crippen LogP contribution in [0.1, 0.15) is 114 Å². The summed E-state index contributed by atoms with van der Waals surface area (Å²) >= 11 is 0. The minimum absolute atomic E-state index is 0. The van der Waals surface area contributed by atoms with Gasteiger partial charge in [-0.05, 0) is 91.2 Å². The molecule has 2 spiro atoms. The van der Waals surface area contributed by atoms with E-state index < -0.39 is 0 Å². The normalized spacial score (nSPS) is 37.1. The second kappa shape index (κ2) is 13.7. The first-order valence-corrected chi connectivity index (χ1v) is 21.4. The molecule has 4 aromatic carbocycles. The van der Waals surface area contributed by atoms with Crippen molar-refractivity contribution in [2.24, 2.45) is 47.3 Å². The third-order valence-electron chi connectivity index (χ3n) is 15.9. The average Bonchev–Trinajstić information content (AvgIpc) is 3.64. The van der Waals surface area contributed by atoms with Gasteiger partial charge in [-0.1, -0.05) is 111 Å². The third-order valence-corrected chi connectivity index (χ3v) is 15.9. The molecule has 0 saturated heterocycles. The van der Waals surface area contributed by atoms with Crippen LogP contribution in [0.2, 0.25) is 0 Å². The van der Waals surface area contributed by atoms with Crippen LogP contribution in [-0.4, -0.2) is 11.2 Å². The number of hydrogen-bond donors (Lipinski definition) is 0. The Morgan fingerprint density at radius 1 is 0.453 bits per heavy atom. The standard InChI is InChI=1S/2C25H27O.W/c1-2-8-18-16-24-19(15-17(18)7-1)13-14-25(26-24)22-11-5-3-9-20(22)21-10-4-6-12-23(21)25;1-2-8-19-17(7-1)13-14-18-15-16-25(26-24(18)19)22-11-5-3-9-20(22)21-10-4-6-12-23(21)25;/h1-2,7-8,14-16,20-23H,3-6,9-12H2;1-2,7-8,13-14,16,20-23H,3-6,9-12H2;/q2*-1;+2. The van der Waals surface area contributed by atoms with E-state index in [0.717, 1.165) is 46.3 Å². The van der Waals surface area contributed by atoms with E-state index in [-0.39, 0.29) is 32.3 Å². The van der Waals surface area contributed by atoms with Crippen LogP contribution in [0.25, 0.3) is 21.5 Å². The molecule has 0 amide bonds. The maximum absolute atomic E-state index is 7.11. The van der Waals surface area contributed by atoms with E-state index >= 15 is 0 Å². The number of ether oxygens (including phenoxy) is 2. The first-order chi connectivity index (χ1) is 25.7. The van der Waals surface area contributed by atoms with Crippen LogP contribution in [0.5, 0.6) is 11.5 Å². The molecule has 8 atom stereocenters. The molecule has 6 saturated carbocycles. The molecule has 8 unspecified atom stereocenters. The third kappa shape index (κ3) is 5.41. The molecule has 6 fully saturated rings. The van der Waals surface area contributed by atoms with E-state index in [1.54, 1.807) is 0 Å². The SMILES string of the molecule is [C-]1=CC2(Oc3c1ccc1ccccc31)C1CCCCC1C1CCCCC12.[C-]1=CC2(Oc3cc4ccccc4cc31)C1CCCCC1C1CCCCC12.[W+2]. The Bertz CT molecular complexity index is 2000. The van der Waals surface area contributed by atoms with Gasteiger partial charge in [0, 0.05) is 35.2 Å². The molecule has 12 rings (SSSR count). The number of rotatable bonds is 0. The molecule has 0 N–H and O–H groups in total. The average molecular weight is 871 g/mol. The Hall–Kier alpha value is -2.83. The Kier molecular flexibility index (Phi) is 8.97. The molecule has 2 aliphatic heterocycles. The van der Waals surface area contributed by atoms with E-state index in [2.05, 4.69) is 97.1 Å².